The molecule has 2 aromatic rings. The SMILES string of the molecule is C[C@H]1C[C@@H](C(=O)Nc2cccc(-c3nnnn3C3CC3)c2)CCN1. The van der Waals surface area contributed by atoms with Gasteiger partial charge in [0.1, 0.15) is 0 Å². The lowest BCUT2D eigenvalue weighted by molar-refractivity contribution is -0.120. The number of aromatic nitrogens is 4. The Morgan fingerprint density at radius 3 is 3.00 bits per heavy atom. The molecule has 2 heterocycles. The molecule has 0 radical (unpaired) electrons. The van der Waals surface area contributed by atoms with Crippen LogP contribution in [0.3, 0.4) is 0 Å². The second kappa shape index (κ2) is 6.32. The highest BCUT2D eigenvalue weighted by molar-refractivity contribution is 5.93. The molecule has 1 saturated heterocycles. The maximum absolute atomic E-state index is 12.5. The highest BCUT2D eigenvalue weighted by atomic mass is 16.1. The van der Waals surface area contributed by atoms with Gasteiger partial charge in [-0.3, -0.25) is 4.79 Å². The van der Waals surface area contributed by atoms with Crippen molar-refractivity contribution < 1.29 is 4.79 Å². The van der Waals surface area contributed by atoms with Crippen molar-refractivity contribution in [2.24, 2.45) is 5.92 Å². The molecule has 1 aliphatic heterocycles. The van der Waals surface area contributed by atoms with E-state index in [4.69, 9.17) is 0 Å². The first-order valence-corrected chi connectivity index (χ1v) is 8.63. The average molecular weight is 326 g/mol. The molecule has 1 aromatic heterocycles. The lowest BCUT2D eigenvalue weighted by atomic mass is 9.92. The fraction of sp³-hybridized carbons (Fsp3) is 0.529. The number of nitrogens with zero attached hydrogens (tertiary/aromatic N) is 4. The van der Waals surface area contributed by atoms with Gasteiger partial charge < -0.3 is 10.6 Å². The first-order chi connectivity index (χ1) is 11.7. The zero-order valence-corrected chi connectivity index (χ0v) is 13.8. The fourth-order valence-electron chi connectivity index (χ4n) is 3.30. The van der Waals surface area contributed by atoms with E-state index in [1.54, 1.807) is 0 Å². The Hall–Kier alpha value is -2.28. The molecule has 1 aliphatic carbocycles. The maximum Gasteiger partial charge on any atom is 0.227 e. The first-order valence-electron chi connectivity index (χ1n) is 8.63. The van der Waals surface area contributed by atoms with Crippen LogP contribution in [0.1, 0.15) is 38.6 Å². The standard InChI is InChI=1S/C17H22N6O/c1-11-9-13(7-8-18-11)17(24)19-14-4-2-3-12(10-14)16-20-21-22-23(16)15-5-6-15/h2-4,10-11,13,15,18H,5-9H2,1H3,(H,19,24)/t11-,13-/m0/s1. The minimum Gasteiger partial charge on any atom is -0.326 e. The first kappa shape index (κ1) is 15.3. The smallest absolute Gasteiger partial charge is 0.227 e. The van der Waals surface area contributed by atoms with Crippen LogP contribution in [0.5, 0.6) is 0 Å². The van der Waals surface area contributed by atoms with Crippen molar-refractivity contribution in [1.29, 1.82) is 0 Å². The maximum atomic E-state index is 12.5. The van der Waals surface area contributed by atoms with Crippen molar-refractivity contribution >= 4 is 11.6 Å². The van der Waals surface area contributed by atoms with E-state index in [1.165, 1.54) is 0 Å². The molecule has 2 aliphatic rings. The summed E-state index contributed by atoms with van der Waals surface area (Å²) in [6.07, 6.45) is 4.02. The van der Waals surface area contributed by atoms with Crippen LogP contribution in [-0.4, -0.2) is 38.7 Å². The quantitative estimate of drug-likeness (QED) is 0.898. The summed E-state index contributed by atoms with van der Waals surface area (Å²) in [6.45, 7) is 3.02. The molecule has 4 rings (SSSR count). The van der Waals surface area contributed by atoms with Gasteiger partial charge in [0.25, 0.3) is 0 Å². The monoisotopic (exact) mass is 326 g/mol. The summed E-state index contributed by atoms with van der Waals surface area (Å²) >= 11 is 0. The fourth-order valence-corrected chi connectivity index (χ4v) is 3.30. The summed E-state index contributed by atoms with van der Waals surface area (Å²) in [7, 11) is 0. The van der Waals surface area contributed by atoms with Gasteiger partial charge in [0, 0.05) is 23.2 Å². The molecule has 24 heavy (non-hydrogen) atoms. The Morgan fingerprint density at radius 1 is 1.33 bits per heavy atom. The number of carbonyl (C=O) groups is 1. The second-order valence-corrected chi connectivity index (χ2v) is 6.82. The number of hydrogen-bond donors (Lipinski definition) is 2. The predicted molar refractivity (Wildman–Crippen MR) is 90.3 cm³/mol. The number of carbonyl (C=O) groups excluding carboxylic acids is 1. The van der Waals surface area contributed by atoms with Gasteiger partial charge in [-0.15, -0.1) is 5.10 Å². The number of anilines is 1. The van der Waals surface area contributed by atoms with Crippen molar-refractivity contribution in [3.05, 3.63) is 24.3 Å². The van der Waals surface area contributed by atoms with Crippen LogP contribution in [0.25, 0.3) is 11.4 Å². The number of hydrogen-bond acceptors (Lipinski definition) is 5. The van der Waals surface area contributed by atoms with E-state index in [0.717, 1.165) is 49.3 Å². The van der Waals surface area contributed by atoms with Crippen LogP contribution >= 0.6 is 0 Å². The van der Waals surface area contributed by atoms with Crippen LogP contribution in [0, 0.1) is 5.92 Å². The largest absolute Gasteiger partial charge is 0.326 e. The molecule has 1 saturated carbocycles. The number of benzene rings is 1. The Morgan fingerprint density at radius 2 is 2.21 bits per heavy atom. The summed E-state index contributed by atoms with van der Waals surface area (Å²) < 4.78 is 1.88. The Kier molecular flexibility index (Phi) is 4.02. The Bertz CT molecular complexity index is 738. The summed E-state index contributed by atoms with van der Waals surface area (Å²) in [5, 5.41) is 18.5. The van der Waals surface area contributed by atoms with Crippen molar-refractivity contribution in [2.45, 2.75) is 44.7 Å². The Balaban J connectivity index is 1.50. The third kappa shape index (κ3) is 3.17. The third-order valence-corrected chi connectivity index (χ3v) is 4.77. The lowest BCUT2D eigenvalue weighted by Gasteiger charge is -2.27. The molecule has 1 aromatic carbocycles. The van der Waals surface area contributed by atoms with E-state index in [0.29, 0.717) is 12.1 Å². The van der Waals surface area contributed by atoms with E-state index in [1.807, 2.05) is 28.9 Å². The molecule has 2 fully saturated rings. The minimum absolute atomic E-state index is 0.0710. The van der Waals surface area contributed by atoms with E-state index in [-0.39, 0.29) is 11.8 Å². The van der Waals surface area contributed by atoms with Crippen LogP contribution in [-0.2, 0) is 4.79 Å². The number of amides is 1. The lowest BCUT2D eigenvalue weighted by Crippen LogP contribution is -2.40. The predicted octanol–water partition coefficient (Wildman–Crippen LogP) is 2.00. The molecule has 0 unspecified atom stereocenters. The van der Waals surface area contributed by atoms with Gasteiger partial charge in [0.2, 0.25) is 5.91 Å². The topological polar surface area (TPSA) is 84.7 Å². The average Bonchev–Trinajstić information content (AvgIpc) is 3.32. The van der Waals surface area contributed by atoms with Gasteiger partial charge in [-0.05, 0) is 61.7 Å². The van der Waals surface area contributed by atoms with E-state index < -0.39 is 0 Å². The van der Waals surface area contributed by atoms with Crippen LogP contribution in [0.2, 0.25) is 0 Å². The van der Waals surface area contributed by atoms with Crippen molar-refractivity contribution in [3.8, 4) is 11.4 Å². The zero-order valence-electron chi connectivity index (χ0n) is 13.8. The third-order valence-electron chi connectivity index (χ3n) is 4.77. The zero-order chi connectivity index (χ0) is 16.5. The van der Waals surface area contributed by atoms with Crippen molar-refractivity contribution in [2.75, 3.05) is 11.9 Å². The van der Waals surface area contributed by atoms with Crippen LogP contribution in [0.4, 0.5) is 5.69 Å². The van der Waals surface area contributed by atoms with Gasteiger partial charge in [-0.2, -0.15) is 0 Å². The highest BCUT2D eigenvalue weighted by Gasteiger charge is 2.28. The Labute approximate surface area is 140 Å². The molecule has 2 atom stereocenters. The summed E-state index contributed by atoms with van der Waals surface area (Å²) in [4.78, 5) is 12.5. The van der Waals surface area contributed by atoms with Crippen LogP contribution < -0.4 is 10.6 Å². The molecule has 0 spiro atoms. The van der Waals surface area contributed by atoms with Gasteiger partial charge in [0.15, 0.2) is 5.82 Å². The molecule has 2 N–H and O–H groups in total. The van der Waals surface area contributed by atoms with Gasteiger partial charge in [-0.1, -0.05) is 12.1 Å². The summed E-state index contributed by atoms with van der Waals surface area (Å²) in [5.41, 5.74) is 1.73. The van der Waals surface area contributed by atoms with Crippen molar-refractivity contribution in [3.63, 3.8) is 0 Å². The van der Waals surface area contributed by atoms with Crippen LogP contribution in [0.15, 0.2) is 24.3 Å². The normalized spacial score (nSPS) is 23.9. The van der Waals surface area contributed by atoms with E-state index >= 15 is 0 Å². The molecule has 1 amide bonds. The minimum atomic E-state index is 0.0710. The number of tetrazole rings is 1. The molecular formula is C17H22N6O. The molecule has 0 bridgehead atoms. The summed E-state index contributed by atoms with van der Waals surface area (Å²) in [5.74, 6) is 0.938. The number of nitrogens with one attached hydrogen (secondary N) is 2. The molecular weight excluding hydrogens is 304 g/mol. The van der Waals surface area contributed by atoms with Gasteiger partial charge in [0.05, 0.1) is 6.04 Å². The number of piperidine rings is 1. The molecule has 126 valence electrons. The van der Waals surface area contributed by atoms with E-state index in [2.05, 4.69) is 33.1 Å². The molecule has 7 heteroatoms. The number of rotatable bonds is 4. The van der Waals surface area contributed by atoms with Gasteiger partial charge in [-0.25, -0.2) is 4.68 Å². The highest BCUT2D eigenvalue weighted by Crippen LogP contribution is 2.36. The van der Waals surface area contributed by atoms with Gasteiger partial charge >= 0.3 is 0 Å². The second-order valence-electron chi connectivity index (χ2n) is 6.82. The molecule has 7 nitrogen and oxygen atoms in total. The van der Waals surface area contributed by atoms with Crippen molar-refractivity contribution in [1.82, 2.24) is 25.5 Å². The van der Waals surface area contributed by atoms with E-state index in [9.17, 15) is 4.79 Å². The summed E-state index contributed by atoms with van der Waals surface area (Å²) in [6, 6.07) is 8.59.